The van der Waals surface area contributed by atoms with Crippen LogP contribution >= 0.6 is 15.9 Å². The Hall–Kier alpha value is -0.700. The minimum atomic E-state index is 0.667. The first kappa shape index (κ1) is 9.84. The van der Waals surface area contributed by atoms with Gasteiger partial charge in [0.1, 0.15) is 5.75 Å². The minimum absolute atomic E-state index is 0.667. The summed E-state index contributed by atoms with van der Waals surface area (Å²) >= 11 is 3.44. The summed E-state index contributed by atoms with van der Waals surface area (Å²) in [4.78, 5) is 0. The van der Waals surface area contributed by atoms with Gasteiger partial charge in [0.25, 0.3) is 0 Å². The van der Waals surface area contributed by atoms with Crippen molar-refractivity contribution in [3.63, 3.8) is 0 Å². The Labute approximate surface area is 92.8 Å². The Morgan fingerprint density at radius 1 is 1.43 bits per heavy atom. The lowest BCUT2D eigenvalue weighted by Crippen LogP contribution is -2.26. The minimum Gasteiger partial charge on any atom is -0.495 e. The van der Waals surface area contributed by atoms with Crippen molar-refractivity contribution < 1.29 is 4.74 Å². The van der Waals surface area contributed by atoms with E-state index in [0.29, 0.717) is 6.04 Å². The molecule has 14 heavy (non-hydrogen) atoms. The first-order valence-electron chi connectivity index (χ1n) is 4.89. The van der Waals surface area contributed by atoms with Gasteiger partial charge in [-0.2, -0.15) is 0 Å². The monoisotopic (exact) mass is 255 g/mol. The molecule has 0 bridgehead atoms. The molecule has 3 heteroatoms. The number of nitrogens with one attached hydrogen (secondary N) is 1. The summed E-state index contributed by atoms with van der Waals surface area (Å²) in [6, 6.07) is 6.79. The van der Waals surface area contributed by atoms with Gasteiger partial charge in [-0.1, -0.05) is 0 Å². The average molecular weight is 256 g/mol. The molecule has 1 N–H and O–H groups in total. The molecule has 2 nitrogen and oxygen atoms in total. The zero-order chi connectivity index (χ0) is 9.97. The Bertz CT molecular complexity index is 323. The predicted octanol–water partition coefficient (Wildman–Crippen LogP) is 3.42. The molecule has 1 fully saturated rings. The molecule has 0 amide bonds. The molecule has 0 heterocycles. The molecule has 0 saturated heterocycles. The molecular weight excluding hydrogens is 242 g/mol. The number of hydrogen-bond donors (Lipinski definition) is 1. The fraction of sp³-hybridized carbons (Fsp3) is 0.455. The van der Waals surface area contributed by atoms with Crippen molar-refractivity contribution >= 4 is 21.6 Å². The SMILES string of the molecule is COc1cc(NC2CCC2)ccc1Br. The summed E-state index contributed by atoms with van der Waals surface area (Å²) < 4.78 is 6.23. The third-order valence-corrected chi connectivity index (χ3v) is 3.28. The van der Waals surface area contributed by atoms with Gasteiger partial charge in [-0.3, -0.25) is 0 Å². The lowest BCUT2D eigenvalue weighted by molar-refractivity contribution is 0.411. The van der Waals surface area contributed by atoms with E-state index in [1.807, 2.05) is 12.1 Å². The van der Waals surface area contributed by atoms with E-state index in [1.165, 1.54) is 19.3 Å². The number of anilines is 1. The third kappa shape index (κ3) is 2.03. The number of benzene rings is 1. The van der Waals surface area contributed by atoms with Gasteiger partial charge in [0.2, 0.25) is 0 Å². The molecule has 2 rings (SSSR count). The number of hydrogen-bond acceptors (Lipinski definition) is 2. The second kappa shape index (κ2) is 4.22. The molecule has 0 spiro atoms. The van der Waals surface area contributed by atoms with Crippen molar-refractivity contribution in [2.24, 2.45) is 0 Å². The summed E-state index contributed by atoms with van der Waals surface area (Å²) in [6.45, 7) is 0. The Morgan fingerprint density at radius 2 is 2.21 bits per heavy atom. The Balaban J connectivity index is 2.09. The zero-order valence-corrected chi connectivity index (χ0v) is 9.80. The van der Waals surface area contributed by atoms with Crippen molar-refractivity contribution in [3.8, 4) is 5.75 Å². The summed E-state index contributed by atoms with van der Waals surface area (Å²) in [7, 11) is 1.69. The molecule has 0 aliphatic heterocycles. The zero-order valence-electron chi connectivity index (χ0n) is 8.22. The van der Waals surface area contributed by atoms with Crippen LogP contribution in [0.5, 0.6) is 5.75 Å². The van der Waals surface area contributed by atoms with Crippen LogP contribution in [-0.4, -0.2) is 13.2 Å². The molecule has 0 aromatic heterocycles. The van der Waals surface area contributed by atoms with Crippen LogP contribution in [0.1, 0.15) is 19.3 Å². The first-order chi connectivity index (χ1) is 6.79. The summed E-state index contributed by atoms with van der Waals surface area (Å²) in [5.41, 5.74) is 1.15. The number of methoxy groups -OCH3 is 1. The highest BCUT2D eigenvalue weighted by Crippen LogP contribution is 2.30. The Morgan fingerprint density at radius 3 is 2.79 bits per heavy atom. The van der Waals surface area contributed by atoms with Crippen molar-refractivity contribution in [1.29, 1.82) is 0 Å². The van der Waals surface area contributed by atoms with E-state index in [0.717, 1.165) is 15.9 Å². The van der Waals surface area contributed by atoms with Gasteiger partial charge in [-0.05, 0) is 47.3 Å². The molecule has 1 saturated carbocycles. The van der Waals surface area contributed by atoms with Gasteiger partial charge in [0.15, 0.2) is 0 Å². The largest absolute Gasteiger partial charge is 0.495 e. The number of ether oxygens (including phenoxy) is 1. The van der Waals surface area contributed by atoms with Crippen molar-refractivity contribution in [1.82, 2.24) is 0 Å². The summed E-state index contributed by atoms with van der Waals surface area (Å²) in [6.07, 6.45) is 3.93. The van der Waals surface area contributed by atoms with Crippen LogP contribution in [-0.2, 0) is 0 Å². The molecule has 1 aromatic rings. The lowest BCUT2D eigenvalue weighted by atomic mass is 9.93. The van der Waals surface area contributed by atoms with Crippen LogP contribution < -0.4 is 10.1 Å². The van der Waals surface area contributed by atoms with Gasteiger partial charge < -0.3 is 10.1 Å². The molecule has 1 aliphatic rings. The number of rotatable bonds is 3. The van der Waals surface area contributed by atoms with Crippen LogP contribution in [0.3, 0.4) is 0 Å². The maximum atomic E-state index is 5.23. The van der Waals surface area contributed by atoms with Crippen LogP contribution in [0.25, 0.3) is 0 Å². The van der Waals surface area contributed by atoms with Crippen LogP contribution in [0.4, 0.5) is 5.69 Å². The van der Waals surface area contributed by atoms with Crippen molar-refractivity contribution in [3.05, 3.63) is 22.7 Å². The molecule has 0 radical (unpaired) electrons. The van der Waals surface area contributed by atoms with Gasteiger partial charge in [0.05, 0.1) is 11.6 Å². The highest BCUT2D eigenvalue weighted by Gasteiger charge is 2.16. The van der Waals surface area contributed by atoms with E-state index < -0.39 is 0 Å². The van der Waals surface area contributed by atoms with E-state index in [1.54, 1.807) is 7.11 Å². The standard InChI is InChI=1S/C11H14BrNO/c1-14-11-7-9(5-6-10(11)12)13-8-3-2-4-8/h5-8,13H,2-4H2,1H3. The average Bonchev–Trinajstić information content (AvgIpc) is 2.14. The van der Waals surface area contributed by atoms with E-state index in [9.17, 15) is 0 Å². The Kier molecular flexibility index (Phi) is 2.96. The highest BCUT2D eigenvalue weighted by atomic mass is 79.9. The van der Waals surface area contributed by atoms with E-state index in [4.69, 9.17) is 4.74 Å². The molecule has 1 aliphatic carbocycles. The smallest absolute Gasteiger partial charge is 0.135 e. The summed E-state index contributed by atoms with van der Waals surface area (Å²) in [5.74, 6) is 0.884. The van der Waals surface area contributed by atoms with Crippen molar-refractivity contribution in [2.45, 2.75) is 25.3 Å². The fourth-order valence-corrected chi connectivity index (χ4v) is 1.95. The molecule has 76 valence electrons. The van der Waals surface area contributed by atoms with Crippen LogP contribution in [0.2, 0.25) is 0 Å². The topological polar surface area (TPSA) is 21.3 Å². The van der Waals surface area contributed by atoms with E-state index in [2.05, 4.69) is 27.3 Å². The third-order valence-electron chi connectivity index (χ3n) is 2.63. The van der Waals surface area contributed by atoms with Crippen LogP contribution in [0.15, 0.2) is 22.7 Å². The van der Waals surface area contributed by atoms with Gasteiger partial charge in [-0.15, -0.1) is 0 Å². The first-order valence-corrected chi connectivity index (χ1v) is 5.69. The van der Waals surface area contributed by atoms with Crippen molar-refractivity contribution in [2.75, 3.05) is 12.4 Å². The fourth-order valence-electron chi connectivity index (χ4n) is 1.54. The quantitative estimate of drug-likeness (QED) is 0.894. The molecule has 0 atom stereocenters. The van der Waals surface area contributed by atoms with E-state index in [-0.39, 0.29) is 0 Å². The molecular formula is C11H14BrNO. The van der Waals surface area contributed by atoms with Gasteiger partial charge in [0, 0.05) is 17.8 Å². The predicted molar refractivity (Wildman–Crippen MR) is 62.0 cm³/mol. The molecule has 1 aromatic carbocycles. The second-order valence-corrected chi connectivity index (χ2v) is 4.48. The molecule has 0 unspecified atom stereocenters. The normalized spacial score (nSPS) is 16.1. The highest BCUT2D eigenvalue weighted by molar-refractivity contribution is 9.10. The lowest BCUT2D eigenvalue weighted by Gasteiger charge is -2.27. The maximum Gasteiger partial charge on any atom is 0.135 e. The van der Waals surface area contributed by atoms with Crippen LogP contribution in [0, 0.1) is 0 Å². The van der Waals surface area contributed by atoms with Gasteiger partial charge in [-0.25, -0.2) is 0 Å². The van der Waals surface area contributed by atoms with E-state index >= 15 is 0 Å². The summed E-state index contributed by atoms with van der Waals surface area (Å²) in [5, 5.41) is 3.48. The van der Waals surface area contributed by atoms with Gasteiger partial charge >= 0.3 is 0 Å². The second-order valence-electron chi connectivity index (χ2n) is 3.62. The number of halogens is 1. The maximum absolute atomic E-state index is 5.23.